The normalized spacial score (nSPS) is 14.1. The van der Waals surface area contributed by atoms with Crippen LogP contribution in [0.4, 0.5) is 17.3 Å². The number of rotatable bonds is 5. The summed E-state index contributed by atoms with van der Waals surface area (Å²) in [6.07, 6.45) is 5.92. The lowest BCUT2D eigenvalue weighted by Crippen LogP contribution is -2.27. The topological polar surface area (TPSA) is 80.3 Å². The zero-order chi connectivity index (χ0) is 19.5. The van der Waals surface area contributed by atoms with Crippen LogP contribution in [0.1, 0.15) is 38.2 Å². The van der Waals surface area contributed by atoms with Gasteiger partial charge in [-0.15, -0.1) is 11.3 Å². The maximum atomic E-state index is 6.16. The molecule has 0 aliphatic carbocycles. The highest BCUT2D eigenvalue weighted by Gasteiger charge is 2.22. The third-order valence-electron chi connectivity index (χ3n) is 4.79. The standard InChI is InChI=1S/C20H24N6S2/c1-3-4-5-10-26-11-9-15(25-16-18(21)22-12-23-19(16)26)27-20-24-14-8-6-7-13(2)17(14)28-20/h6-8,12H,3-5,9-11H2,1-2H3,(H2,21,22,23). The number of nitrogens with two attached hydrogens (primary N) is 1. The van der Waals surface area contributed by atoms with Gasteiger partial charge in [0.25, 0.3) is 0 Å². The summed E-state index contributed by atoms with van der Waals surface area (Å²) in [6.45, 7) is 6.18. The number of fused-ring (bicyclic) bond motifs is 2. The lowest BCUT2D eigenvalue weighted by atomic mass is 10.2. The van der Waals surface area contributed by atoms with Crippen LogP contribution >= 0.6 is 23.1 Å². The van der Waals surface area contributed by atoms with E-state index in [2.05, 4.69) is 46.9 Å². The minimum absolute atomic E-state index is 0.436. The van der Waals surface area contributed by atoms with Gasteiger partial charge in [0.2, 0.25) is 0 Å². The van der Waals surface area contributed by atoms with E-state index in [0.29, 0.717) is 11.5 Å². The molecule has 1 aliphatic rings. The van der Waals surface area contributed by atoms with E-state index >= 15 is 0 Å². The van der Waals surface area contributed by atoms with Crippen LogP contribution in [0.2, 0.25) is 0 Å². The number of nitrogens with zero attached hydrogens (tertiary/aromatic N) is 5. The molecule has 2 N–H and O–H groups in total. The number of thiazole rings is 1. The summed E-state index contributed by atoms with van der Waals surface area (Å²) in [7, 11) is 0. The van der Waals surface area contributed by atoms with Crippen molar-refractivity contribution in [2.45, 2.75) is 43.9 Å². The largest absolute Gasteiger partial charge is 0.382 e. The molecular weight excluding hydrogens is 388 g/mol. The molecule has 0 radical (unpaired) electrons. The molecule has 0 bridgehead atoms. The number of benzene rings is 1. The zero-order valence-electron chi connectivity index (χ0n) is 16.2. The highest BCUT2D eigenvalue weighted by atomic mass is 32.2. The summed E-state index contributed by atoms with van der Waals surface area (Å²) in [6, 6.07) is 6.24. The summed E-state index contributed by atoms with van der Waals surface area (Å²) in [4.78, 5) is 20.6. The van der Waals surface area contributed by atoms with Gasteiger partial charge in [-0.1, -0.05) is 31.9 Å². The molecule has 6 nitrogen and oxygen atoms in total. The van der Waals surface area contributed by atoms with Gasteiger partial charge in [-0.2, -0.15) is 0 Å². The number of thioether (sulfide) groups is 1. The Morgan fingerprint density at radius 1 is 1.25 bits per heavy atom. The first-order valence-corrected chi connectivity index (χ1v) is 11.3. The van der Waals surface area contributed by atoms with Gasteiger partial charge in [0.15, 0.2) is 16.0 Å². The van der Waals surface area contributed by atoms with Crippen LogP contribution < -0.4 is 10.6 Å². The second-order valence-electron chi connectivity index (χ2n) is 6.89. The van der Waals surface area contributed by atoms with Crippen molar-refractivity contribution in [2.24, 2.45) is 4.99 Å². The average Bonchev–Trinajstić information content (AvgIpc) is 3.01. The van der Waals surface area contributed by atoms with E-state index in [1.165, 1.54) is 29.4 Å². The Hall–Kier alpha value is -2.19. The number of anilines is 2. The molecule has 0 unspecified atom stereocenters. The number of hydrogen-bond acceptors (Lipinski definition) is 8. The fourth-order valence-electron chi connectivity index (χ4n) is 3.29. The lowest BCUT2D eigenvalue weighted by Gasteiger charge is -2.22. The predicted molar refractivity (Wildman–Crippen MR) is 120 cm³/mol. The number of aliphatic imine (C=N–C) groups is 1. The van der Waals surface area contributed by atoms with Gasteiger partial charge in [-0.05, 0) is 36.7 Å². The van der Waals surface area contributed by atoms with Crippen molar-refractivity contribution in [3.8, 4) is 0 Å². The van der Waals surface area contributed by atoms with Gasteiger partial charge in [-0.3, -0.25) is 0 Å². The second kappa shape index (κ2) is 8.45. The Kier molecular flexibility index (Phi) is 5.77. The third-order valence-corrected chi connectivity index (χ3v) is 7.09. The molecule has 2 aromatic heterocycles. The van der Waals surface area contributed by atoms with Gasteiger partial charge in [0.1, 0.15) is 12.0 Å². The Labute approximate surface area is 173 Å². The zero-order valence-corrected chi connectivity index (χ0v) is 17.8. The van der Waals surface area contributed by atoms with Crippen LogP contribution in [0.25, 0.3) is 10.2 Å². The summed E-state index contributed by atoms with van der Waals surface area (Å²) < 4.78 is 2.25. The van der Waals surface area contributed by atoms with E-state index in [-0.39, 0.29) is 0 Å². The van der Waals surface area contributed by atoms with Crippen LogP contribution in [-0.2, 0) is 0 Å². The molecule has 146 valence electrons. The van der Waals surface area contributed by atoms with Crippen LogP contribution in [-0.4, -0.2) is 33.1 Å². The monoisotopic (exact) mass is 412 g/mol. The third kappa shape index (κ3) is 3.98. The first kappa shape index (κ1) is 19.1. The Morgan fingerprint density at radius 3 is 2.96 bits per heavy atom. The van der Waals surface area contributed by atoms with E-state index in [1.807, 2.05) is 0 Å². The molecule has 0 fully saturated rings. The number of nitrogen functional groups attached to an aromatic ring is 1. The van der Waals surface area contributed by atoms with Crippen LogP contribution in [0.15, 0.2) is 33.9 Å². The highest BCUT2D eigenvalue weighted by molar-refractivity contribution is 8.15. The van der Waals surface area contributed by atoms with Crippen LogP contribution in [0.3, 0.4) is 0 Å². The lowest BCUT2D eigenvalue weighted by molar-refractivity contribution is 0.676. The number of aryl methyl sites for hydroxylation is 1. The quantitative estimate of drug-likeness (QED) is 0.580. The molecule has 4 rings (SSSR count). The molecule has 3 heterocycles. The highest BCUT2D eigenvalue weighted by Crippen LogP contribution is 2.38. The summed E-state index contributed by atoms with van der Waals surface area (Å²) >= 11 is 3.36. The maximum Gasteiger partial charge on any atom is 0.160 e. The number of unbranched alkanes of at least 4 members (excludes halogenated alkanes) is 2. The molecule has 0 atom stereocenters. The van der Waals surface area contributed by atoms with Crippen molar-refractivity contribution in [3.05, 3.63) is 30.1 Å². The first-order chi connectivity index (χ1) is 13.7. The van der Waals surface area contributed by atoms with Gasteiger partial charge in [-0.25, -0.2) is 19.9 Å². The van der Waals surface area contributed by atoms with Gasteiger partial charge in [0.05, 0.1) is 15.3 Å². The molecule has 0 spiro atoms. The number of hydrogen-bond donors (Lipinski definition) is 1. The van der Waals surface area contributed by atoms with Crippen molar-refractivity contribution >= 4 is 55.7 Å². The van der Waals surface area contributed by atoms with E-state index in [4.69, 9.17) is 15.7 Å². The predicted octanol–water partition coefficient (Wildman–Crippen LogP) is 5.20. The molecule has 8 heteroatoms. The number of aromatic nitrogens is 3. The average molecular weight is 413 g/mol. The maximum absolute atomic E-state index is 6.16. The van der Waals surface area contributed by atoms with Crippen molar-refractivity contribution in [3.63, 3.8) is 0 Å². The fraction of sp³-hybridized carbons (Fsp3) is 0.400. The summed E-state index contributed by atoms with van der Waals surface area (Å²) in [5.74, 6) is 1.28. The van der Waals surface area contributed by atoms with E-state index in [0.717, 1.165) is 46.6 Å². The molecule has 28 heavy (non-hydrogen) atoms. The van der Waals surface area contributed by atoms with Gasteiger partial charge < -0.3 is 10.6 Å². The smallest absolute Gasteiger partial charge is 0.160 e. The van der Waals surface area contributed by atoms with E-state index in [1.54, 1.807) is 23.1 Å². The summed E-state index contributed by atoms with van der Waals surface area (Å²) in [5, 5.41) is 1.01. The van der Waals surface area contributed by atoms with Crippen molar-refractivity contribution in [1.82, 2.24) is 15.0 Å². The van der Waals surface area contributed by atoms with E-state index in [9.17, 15) is 0 Å². The summed E-state index contributed by atoms with van der Waals surface area (Å²) in [5.41, 5.74) is 9.15. The Bertz CT molecular complexity index is 1010. The molecule has 3 aromatic rings. The van der Waals surface area contributed by atoms with Gasteiger partial charge >= 0.3 is 0 Å². The molecule has 1 aromatic carbocycles. The van der Waals surface area contributed by atoms with Crippen molar-refractivity contribution in [2.75, 3.05) is 23.7 Å². The minimum Gasteiger partial charge on any atom is -0.382 e. The first-order valence-electron chi connectivity index (χ1n) is 9.62. The SMILES string of the molecule is CCCCCN1CCC(Sc2nc3cccc(C)c3s2)=Nc2c(N)ncnc21. The Balaban J connectivity index is 1.62. The molecular formula is C20H24N6S2. The second-order valence-corrected chi connectivity index (χ2v) is 9.21. The van der Waals surface area contributed by atoms with Crippen molar-refractivity contribution < 1.29 is 0 Å². The Morgan fingerprint density at radius 2 is 2.14 bits per heavy atom. The molecule has 0 saturated heterocycles. The van der Waals surface area contributed by atoms with Crippen LogP contribution in [0.5, 0.6) is 0 Å². The van der Waals surface area contributed by atoms with Gasteiger partial charge in [0, 0.05) is 19.5 Å². The fourth-order valence-corrected chi connectivity index (χ4v) is 5.44. The molecule has 0 amide bonds. The minimum atomic E-state index is 0.436. The van der Waals surface area contributed by atoms with E-state index < -0.39 is 0 Å². The molecule has 0 saturated carbocycles. The molecule has 1 aliphatic heterocycles. The van der Waals surface area contributed by atoms with Crippen LogP contribution in [0, 0.1) is 6.92 Å². The van der Waals surface area contributed by atoms with Crippen molar-refractivity contribution in [1.29, 1.82) is 0 Å².